The second-order valence-corrected chi connectivity index (χ2v) is 3.57. The van der Waals surface area contributed by atoms with Crippen molar-refractivity contribution in [3.8, 4) is 0 Å². The molecule has 0 bridgehead atoms. The van der Waals surface area contributed by atoms with Gasteiger partial charge in [-0.05, 0) is 13.8 Å². The fourth-order valence-electron chi connectivity index (χ4n) is 1.07. The number of pyridine rings is 1. The summed E-state index contributed by atoms with van der Waals surface area (Å²) in [6.45, 7) is 3.94. The van der Waals surface area contributed by atoms with Crippen LogP contribution in [0.25, 0.3) is 0 Å². The number of aromatic nitrogens is 1. The smallest absolute Gasteiger partial charge is 0.276 e. The minimum atomic E-state index is -0.476. The number of nitrogens with two attached hydrogens (primary N) is 1. The second kappa shape index (κ2) is 4.12. The zero-order valence-electron chi connectivity index (χ0n) is 8.97. The van der Waals surface area contributed by atoms with Crippen LogP contribution in [0.5, 0.6) is 0 Å². The van der Waals surface area contributed by atoms with Crippen LogP contribution in [-0.2, 0) is 0 Å². The molecule has 0 aliphatic rings. The van der Waals surface area contributed by atoms with E-state index in [4.69, 9.17) is 5.73 Å². The van der Waals surface area contributed by atoms with Crippen LogP contribution in [0.3, 0.4) is 0 Å². The molecule has 0 radical (unpaired) electrons. The standard InChI is InChI=1S/C9H14N4O2/c1-6(2)12(3)9-5-7(13(14)15)4-8(10)11-9/h4-6H,1-3H3,(H2,10,11). The molecule has 0 amide bonds. The molecule has 0 aromatic carbocycles. The first kappa shape index (κ1) is 11.2. The Balaban J connectivity index is 3.14. The average Bonchev–Trinajstić information content (AvgIpc) is 2.15. The molecule has 1 rings (SSSR count). The lowest BCUT2D eigenvalue weighted by Crippen LogP contribution is -2.26. The Morgan fingerprint density at radius 2 is 2.13 bits per heavy atom. The van der Waals surface area contributed by atoms with Crippen molar-refractivity contribution >= 4 is 17.3 Å². The van der Waals surface area contributed by atoms with Gasteiger partial charge < -0.3 is 10.6 Å². The maximum absolute atomic E-state index is 10.6. The summed E-state index contributed by atoms with van der Waals surface area (Å²) in [4.78, 5) is 16.0. The van der Waals surface area contributed by atoms with Crippen molar-refractivity contribution < 1.29 is 4.92 Å². The van der Waals surface area contributed by atoms with E-state index in [1.165, 1.54) is 12.1 Å². The van der Waals surface area contributed by atoms with Gasteiger partial charge >= 0.3 is 0 Å². The Labute approximate surface area is 87.9 Å². The molecular formula is C9H14N4O2. The quantitative estimate of drug-likeness (QED) is 0.602. The highest BCUT2D eigenvalue weighted by atomic mass is 16.6. The third-order valence-corrected chi connectivity index (χ3v) is 2.16. The molecule has 0 aliphatic carbocycles. The average molecular weight is 210 g/mol. The molecule has 0 atom stereocenters. The van der Waals surface area contributed by atoms with Gasteiger partial charge in [-0.3, -0.25) is 10.1 Å². The van der Waals surface area contributed by atoms with Gasteiger partial charge in [0, 0.05) is 13.1 Å². The summed E-state index contributed by atoms with van der Waals surface area (Å²) < 4.78 is 0. The molecule has 1 aromatic heterocycles. The van der Waals surface area contributed by atoms with Crippen molar-refractivity contribution in [1.82, 2.24) is 4.98 Å². The number of hydrogen-bond acceptors (Lipinski definition) is 5. The molecule has 6 nitrogen and oxygen atoms in total. The third-order valence-electron chi connectivity index (χ3n) is 2.16. The predicted molar refractivity (Wildman–Crippen MR) is 58.8 cm³/mol. The van der Waals surface area contributed by atoms with Gasteiger partial charge in [-0.15, -0.1) is 0 Å². The highest BCUT2D eigenvalue weighted by Gasteiger charge is 2.13. The molecular weight excluding hydrogens is 196 g/mol. The Bertz CT molecular complexity index is 378. The largest absolute Gasteiger partial charge is 0.383 e. The summed E-state index contributed by atoms with van der Waals surface area (Å²) in [5, 5.41) is 10.6. The fourth-order valence-corrected chi connectivity index (χ4v) is 1.07. The van der Waals surface area contributed by atoms with Crippen molar-refractivity contribution in [3.05, 3.63) is 22.2 Å². The van der Waals surface area contributed by atoms with Crippen molar-refractivity contribution in [2.24, 2.45) is 0 Å². The van der Waals surface area contributed by atoms with E-state index in [0.717, 1.165) is 0 Å². The Morgan fingerprint density at radius 1 is 1.53 bits per heavy atom. The van der Waals surface area contributed by atoms with Gasteiger partial charge in [0.25, 0.3) is 5.69 Å². The number of rotatable bonds is 3. The van der Waals surface area contributed by atoms with Crippen LogP contribution in [0.4, 0.5) is 17.3 Å². The molecule has 1 heterocycles. The fraction of sp³-hybridized carbons (Fsp3) is 0.444. The summed E-state index contributed by atoms with van der Waals surface area (Å²) >= 11 is 0. The van der Waals surface area contributed by atoms with E-state index in [2.05, 4.69) is 4.98 Å². The molecule has 0 saturated heterocycles. The first-order chi connectivity index (χ1) is 6.91. The summed E-state index contributed by atoms with van der Waals surface area (Å²) in [6, 6.07) is 2.87. The SMILES string of the molecule is CC(C)N(C)c1cc([N+](=O)[O-])cc(N)n1. The Hall–Kier alpha value is -1.85. The Kier molecular flexibility index (Phi) is 3.08. The van der Waals surface area contributed by atoms with E-state index in [9.17, 15) is 10.1 Å². The van der Waals surface area contributed by atoms with Crippen LogP contribution >= 0.6 is 0 Å². The summed E-state index contributed by atoms with van der Waals surface area (Å²) in [5.41, 5.74) is 5.46. The third kappa shape index (κ3) is 2.55. The van der Waals surface area contributed by atoms with Crippen molar-refractivity contribution in [2.45, 2.75) is 19.9 Å². The van der Waals surface area contributed by atoms with E-state index in [1.807, 2.05) is 25.8 Å². The number of anilines is 2. The highest BCUT2D eigenvalue weighted by molar-refractivity contribution is 5.54. The lowest BCUT2D eigenvalue weighted by atomic mass is 10.3. The first-order valence-corrected chi connectivity index (χ1v) is 4.56. The van der Waals surface area contributed by atoms with Crippen molar-refractivity contribution in [3.63, 3.8) is 0 Å². The molecule has 6 heteroatoms. The molecule has 15 heavy (non-hydrogen) atoms. The van der Waals surface area contributed by atoms with E-state index in [1.54, 1.807) is 0 Å². The normalized spacial score (nSPS) is 10.4. The van der Waals surface area contributed by atoms with Gasteiger partial charge in [0.05, 0.1) is 17.1 Å². The van der Waals surface area contributed by atoms with Crippen LogP contribution in [-0.4, -0.2) is 23.0 Å². The number of nitrogen functional groups attached to an aromatic ring is 1. The maximum atomic E-state index is 10.6. The van der Waals surface area contributed by atoms with Crippen molar-refractivity contribution in [1.29, 1.82) is 0 Å². The van der Waals surface area contributed by atoms with Gasteiger partial charge in [0.2, 0.25) is 0 Å². The topological polar surface area (TPSA) is 85.3 Å². The molecule has 1 aromatic rings. The zero-order chi connectivity index (χ0) is 11.6. The summed E-state index contributed by atoms with van der Waals surface area (Å²) in [5.74, 6) is 0.670. The minimum Gasteiger partial charge on any atom is -0.383 e. The molecule has 82 valence electrons. The van der Waals surface area contributed by atoms with Gasteiger partial charge in [0.15, 0.2) is 0 Å². The molecule has 2 N–H and O–H groups in total. The Morgan fingerprint density at radius 3 is 2.60 bits per heavy atom. The van der Waals surface area contributed by atoms with Crippen LogP contribution in [0.1, 0.15) is 13.8 Å². The first-order valence-electron chi connectivity index (χ1n) is 4.56. The minimum absolute atomic E-state index is 0.0370. The van der Waals surface area contributed by atoms with Gasteiger partial charge in [-0.1, -0.05) is 0 Å². The van der Waals surface area contributed by atoms with Gasteiger partial charge in [-0.2, -0.15) is 0 Å². The van der Waals surface area contributed by atoms with E-state index in [-0.39, 0.29) is 17.5 Å². The molecule has 0 fully saturated rings. The van der Waals surface area contributed by atoms with E-state index in [0.29, 0.717) is 5.82 Å². The summed E-state index contributed by atoms with van der Waals surface area (Å²) in [6.07, 6.45) is 0. The molecule has 0 unspecified atom stereocenters. The molecule has 0 spiro atoms. The summed E-state index contributed by atoms with van der Waals surface area (Å²) in [7, 11) is 1.82. The van der Waals surface area contributed by atoms with Crippen LogP contribution in [0.15, 0.2) is 12.1 Å². The van der Waals surface area contributed by atoms with Crippen LogP contribution in [0, 0.1) is 10.1 Å². The lowest BCUT2D eigenvalue weighted by molar-refractivity contribution is -0.384. The predicted octanol–water partition coefficient (Wildman–Crippen LogP) is 1.42. The maximum Gasteiger partial charge on any atom is 0.276 e. The molecule has 0 saturated carbocycles. The second-order valence-electron chi connectivity index (χ2n) is 3.57. The highest BCUT2D eigenvalue weighted by Crippen LogP contribution is 2.21. The molecule has 0 aliphatic heterocycles. The van der Waals surface area contributed by atoms with Gasteiger partial charge in [-0.25, -0.2) is 4.98 Å². The number of hydrogen-bond donors (Lipinski definition) is 1. The number of nitro groups is 1. The van der Waals surface area contributed by atoms with E-state index < -0.39 is 4.92 Å². The van der Waals surface area contributed by atoms with Crippen LogP contribution < -0.4 is 10.6 Å². The van der Waals surface area contributed by atoms with Gasteiger partial charge in [0.1, 0.15) is 11.6 Å². The number of nitrogens with zero attached hydrogens (tertiary/aromatic N) is 3. The lowest BCUT2D eigenvalue weighted by Gasteiger charge is -2.22. The van der Waals surface area contributed by atoms with Crippen LogP contribution in [0.2, 0.25) is 0 Å². The van der Waals surface area contributed by atoms with E-state index >= 15 is 0 Å². The monoisotopic (exact) mass is 210 g/mol. The zero-order valence-corrected chi connectivity index (χ0v) is 8.97. The van der Waals surface area contributed by atoms with Crippen molar-refractivity contribution in [2.75, 3.05) is 17.7 Å².